The van der Waals surface area contributed by atoms with Crippen molar-refractivity contribution in [2.24, 2.45) is 0 Å². The van der Waals surface area contributed by atoms with Crippen LogP contribution in [-0.2, 0) is 12.7 Å². The predicted octanol–water partition coefficient (Wildman–Crippen LogP) is 4.35. The van der Waals surface area contributed by atoms with Gasteiger partial charge < -0.3 is 5.32 Å². The molecule has 1 heterocycles. The molecule has 0 aliphatic heterocycles. The fourth-order valence-electron chi connectivity index (χ4n) is 1.75. The number of hydrogen-bond donors (Lipinski definition) is 1. The van der Waals surface area contributed by atoms with Crippen molar-refractivity contribution in [3.05, 3.63) is 57.8 Å². The van der Waals surface area contributed by atoms with Crippen LogP contribution in [0.25, 0.3) is 0 Å². The number of nitriles is 1. The van der Waals surface area contributed by atoms with E-state index in [1.807, 2.05) is 0 Å². The Balaban J connectivity index is 2.26. The Bertz CT molecular complexity index is 693. The average Bonchev–Trinajstić information content (AvgIpc) is 2.44. The van der Waals surface area contributed by atoms with Crippen LogP contribution >= 0.6 is 15.9 Å². The van der Waals surface area contributed by atoms with Crippen LogP contribution in [0.3, 0.4) is 0 Å². The normalized spacial score (nSPS) is 11.0. The molecule has 0 amide bonds. The highest BCUT2D eigenvalue weighted by Gasteiger charge is 2.33. The van der Waals surface area contributed by atoms with Crippen molar-refractivity contribution in [1.82, 2.24) is 4.98 Å². The second-order valence-corrected chi connectivity index (χ2v) is 5.15. The molecule has 2 rings (SSSR count). The zero-order valence-electron chi connectivity index (χ0n) is 10.6. The van der Waals surface area contributed by atoms with Crippen LogP contribution in [0.2, 0.25) is 0 Å². The summed E-state index contributed by atoms with van der Waals surface area (Å²) in [5, 5.41) is 11.4. The molecule has 1 aromatic carbocycles. The Hall–Kier alpha value is -2.07. The highest BCUT2D eigenvalue weighted by atomic mass is 79.9. The molecule has 108 valence electrons. The first-order chi connectivity index (χ1) is 9.90. The first-order valence-electron chi connectivity index (χ1n) is 5.85. The van der Waals surface area contributed by atoms with E-state index in [-0.39, 0.29) is 17.8 Å². The van der Waals surface area contributed by atoms with Crippen LogP contribution in [0.5, 0.6) is 0 Å². The Morgan fingerprint density at radius 2 is 2.00 bits per heavy atom. The van der Waals surface area contributed by atoms with Crippen molar-refractivity contribution in [1.29, 1.82) is 5.26 Å². The largest absolute Gasteiger partial charge is 0.418 e. The molecule has 1 aromatic heterocycles. The lowest BCUT2D eigenvalue weighted by molar-refractivity contribution is -0.137. The molecule has 0 unspecified atom stereocenters. The van der Waals surface area contributed by atoms with Gasteiger partial charge in [-0.2, -0.15) is 18.4 Å². The van der Waals surface area contributed by atoms with Gasteiger partial charge in [0.15, 0.2) is 0 Å². The number of nitrogens with one attached hydrogen (secondary N) is 1. The van der Waals surface area contributed by atoms with Crippen LogP contribution in [0, 0.1) is 11.3 Å². The summed E-state index contributed by atoms with van der Waals surface area (Å²) in [7, 11) is 0. The number of halogens is 4. The zero-order valence-corrected chi connectivity index (χ0v) is 12.2. The van der Waals surface area contributed by atoms with Crippen molar-refractivity contribution in [2.45, 2.75) is 12.7 Å². The van der Waals surface area contributed by atoms with E-state index < -0.39 is 11.7 Å². The van der Waals surface area contributed by atoms with Gasteiger partial charge in [0.05, 0.1) is 17.2 Å². The van der Waals surface area contributed by atoms with Crippen LogP contribution in [0.15, 0.2) is 41.1 Å². The molecule has 0 aliphatic carbocycles. The quantitative estimate of drug-likeness (QED) is 0.890. The maximum absolute atomic E-state index is 13.0. The van der Waals surface area contributed by atoms with E-state index in [0.717, 1.165) is 16.1 Å². The summed E-state index contributed by atoms with van der Waals surface area (Å²) in [4.78, 5) is 3.94. The summed E-state index contributed by atoms with van der Waals surface area (Å²) in [6.45, 7) is 0.196. The van der Waals surface area contributed by atoms with Gasteiger partial charge in [0.1, 0.15) is 0 Å². The molecule has 0 saturated carbocycles. The number of nitrogens with zero attached hydrogens (tertiary/aromatic N) is 2. The molecule has 3 nitrogen and oxygen atoms in total. The first kappa shape index (κ1) is 15.3. The number of benzene rings is 1. The molecule has 0 atom stereocenters. The van der Waals surface area contributed by atoms with E-state index in [9.17, 15) is 13.2 Å². The number of rotatable bonds is 3. The third-order valence-electron chi connectivity index (χ3n) is 2.70. The molecule has 2 aromatic rings. The second kappa shape index (κ2) is 6.14. The van der Waals surface area contributed by atoms with Gasteiger partial charge in [-0.05, 0) is 45.8 Å². The summed E-state index contributed by atoms with van der Waals surface area (Å²) < 4.78 is 39.7. The summed E-state index contributed by atoms with van der Waals surface area (Å²) in [6, 6.07) is 6.90. The molecule has 1 N–H and O–H groups in total. The molecule has 21 heavy (non-hydrogen) atoms. The van der Waals surface area contributed by atoms with Gasteiger partial charge in [-0.1, -0.05) is 0 Å². The topological polar surface area (TPSA) is 48.7 Å². The predicted molar refractivity (Wildman–Crippen MR) is 75.4 cm³/mol. The van der Waals surface area contributed by atoms with Gasteiger partial charge in [-0.25, -0.2) is 0 Å². The Labute approximate surface area is 127 Å². The van der Waals surface area contributed by atoms with E-state index >= 15 is 0 Å². The van der Waals surface area contributed by atoms with E-state index in [2.05, 4.69) is 26.2 Å². The zero-order chi connectivity index (χ0) is 15.5. The van der Waals surface area contributed by atoms with E-state index in [0.29, 0.717) is 0 Å². The SMILES string of the molecule is N#Cc1ccc(NCc2cncc(Br)c2)c(C(F)(F)F)c1. The van der Waals surface area contributed by atoms with Gasteiger partial charge in [0, 0.05) is 29.1 Å². The van der Waals surface area contributed by atoms with E-state index in [4.69, 9.17) is 5.26 Å². The first-order valence-corrected chi connectivity index (χ1v) is 6.64. The minimum absolute atomic E-state index is 0.0306. The number of anilines is 1. The van der Waals surface area contributed by atoms with Crippen LogP contribution in [-0.4, -0.2) is 4.98 Å². The highest BCUT2D eigenvalue weighted by molar-refractivity contribution is 9.10. The van der Waals surface area contributed by atoms with Crippen molar-refractivity contribution < 1.29 is 13.2 Å². The van der Waals surface area contributed by atoms with Crippen molar-refractivity contribution in [3.8, 4) is 6.07 Å². The monoisotopic (exact) mass is 355 g/mol. The van der Waals surface area contributed by atoms with Crippen molar-refractivity contribution in [2.75, 3.05) is 5.32 Å². The van der Waals surface area contributed by atoms with E-state index in [1.54, 1.807) is 24.5 Å². The van der Waals surface area contributed by atoms with Crippen molar-refractivity contribution in [3.63, 3.8) is 0 Å². The molecule has 0 aliphatic rings. The summed E-state index contributed by atoms with van der Waals surface area (Å²) in [5.74, 6) is 0. The van der Waals surface area contributed by atoms with Gasteiger partial charge in [-0.3, -0.25) is 4.98 Å². The molecule has 0 radical (unpaired) electrons. The molecule has 0 bridgehead atoms. The molecule has 0 saturated heterocycles. The lowest BCUT2D eigenvalue weighted by Gasteiger charge is -2.15. The summed E-state index contributed by atoms with van der Waals surface area (Å²) in [6.07, 6.45) is -1.37. The minimum Gasteiger partial charge on any atom is -0.380 e. The third-order valence-corrected chi connectivity index (χ3v) is 3.13. The number of pyridine rings is 1. The number of hydrogen-bond acceptors (Lipinski definition) is 3. The summed E-state index contributed by atoms with van der Waals surface area (Å²) >= 11 is 3.25. The van der Waals surface area contributed by atoms with Crippen LogP contribution < -0.4 is 5.32 Å². The number of aromatic nitrogens is 1. The lowest BCUT2D eigenvalue weighted by atomic mass is 10.1. The average molecular weight is 356 g/mol. The molecule has 0 spiro atoms. The Morgan fingerprint density at radius 3 is 2.62 bits per heavy atom. The lowest BCUT2D eigenvalue weighted by Crippen LogP contribution is -2.11. The van der Waals surface area contributed by atoms with Crippen LogP contribution in [0.4, 0.5) is 18.9 Å². The van der Waals surface area contributed by atoms with Crippen LogP contribution in [0.1, 0.15) is 16.7 Å². The standard InChI is InChI=1S/C14H9BrF3N3/c15-11-3-10(6-20-8-11)7-21-13-2-1-9(5-19)4-12(13)14(16,17)18/h1-4,6,8,21H,7H2. The fraction of sp³-hybridized carbons (Fsp3) is 0.143. The molecular weight excluding hydrogens is 347 g/mol. The minimum atomic E-state index is -4.52. The van der Waals surface area contributed by atoms with Gasteiger partial charge in [-0.15, -0.1) is 0 Å². The molecular formula is C14H9BrF3N3. The maximum atomic E-state index is 13.0. The maximum Gasteiger partial charge on any atom is 0.418 e. The van der Waals surface area contributed by atoms with Gasteiger partial charge in [0.2, 0.25) is 0 Å². The Kier molecular flexibility index (Phi) is 4.48. The third kappa shape index (κ3) is 3.95. The second-order valence-electron chi connectivity index (χ2n) is 4.23. The van der Waals surface area contributed by atoms with Crippen molar-refractivity contribution >= 4 is 21.6 Å². The van der Waals surface area contributed by atoms with Gasteiger partial charge in [0.25, 0.3) is 0 Å². The Morgan fingerprint density at radius 1 is 1.24 bits per heavy atom. The fourth-order valence-corrected chi connectivity index (χ4v) is 2.16. The summed E-state index contributed by atoms with van der Waals surface area (Å²) in [5.41, 5.74) is -0.218. The molecule has 0 fully saturated rings. The molecule has 7 heteroatoms. The van der Waals surface area contributed by atoms with Gasteiger partial charge >= 0.3 is 6.18 Å². The number of alkyl halides is 3. The highest BCUT2D eigenvalue weighted by Crippen LogP contribution is 2.35. The van der Waals surface area contributed by atoms with E-state index in [1.165, 1.54) is 12.1 Å². The smallest absolute Gasteiger partial charge is 0.380 e.